The summed E-state index contributed by atoms with van der Waals surface area (Å²) in [5.41, 5.74) is -0.818. The average Bonchev–Trinajstić information content (AvgIpc) is 2.63. The second-order valence-corrected chi connectivity index (χ2v) is 5.77. The Hall–Kier alpha value is -0.730. The molecule has 0 aliphatic carbocycles. The zero-order valence-electron chi connectivity index (χ0n) is 10.4. The fourth-order valence-electron chi connectivity index (χ4n) is 1.94. The summed E-state index contributed by atoms with van der Waals surface area (Å²) in [5.74, 6) is 0.806. The van der Waals surface area contributed by atoms with E-state index in [1.165, 1.54) is 25.0 Å². The largest absolute Gasteiger partial charge is 0.433 e. The number of hydrogen-bond acceptors (Lipinski definition) is 4. The lowest BCUT2D eigenvalue weighted by Gasteiger charge is -2.39. The number of aliphatic hydroxyl groups excluding tert-OH is 1. The number of aryl methyl sites for hydroxylation is 1. The minimum atomic E-state index is -4.39. The smallest absolute Gasteiger partial charge is 0.396 e. The third-order valence-electron chi connectivity index (χ3n) is 3.10. The van der Waals surface area contributed by atoms with Gasteiger partial charge in [0.15, 0.2) is 0 Å². The predicted octanol–water partition coefficient (Wildman–Crippen LogP) is 1.68. The van der Waals surface area contributed by atoms with Gasteiger partial charge in [-0.05, 0) is 0 Å². The van der Waals surface area contributed by atoms with E-state index in [1.807, 2.05) is 0 Å². The van der Waals surface area contributed by atoms with Crippen molar-refractivity contribution in [2.75, 3.05) is 25.6 Å². The van der Waals surface area contributed by atoms with Gasteiger partial charge < -0.3 is 9.84 Å². The van der Waals surface area contributed by atoms with Gasteiger partial charge in [-0.1, -0.05) is 0 Å². The molecule has 1 fully saturated rings. The molecule has 1 aromatic heterocycles. The Labute approximate surface area is 112 Å². The first kappa shape index (κ1) is 14.7. The van der Waals surface area contributed by atoms with Gasteiger partial charge in [-0.25, -0.2) is 0 Å². The molecule has 0 unspecified atom stereocenters. The number of alkyl halides is 3. The fourth-order valence-corrected chi connectivity index (χ4v) is 3.17. The van der Waals surface area contributed by atoms with Gasteiger partial charge in [0.1, 0.15) is 5.69 Å². The lowest BCUT2D eigenvalue weighted by molar-refractivity contribution is -0.144. The van der Waals surface area contributed by atoms with Crippen molar-refractivity contribution in [3.8, 4) is 0 Å². The van der Waals surface area contributed by atoms with Crippen LogP contribution in [0.3, 0.4) is 0 Å². The number of aliphatic hydroxyl groups is 1. The van der Waals surface area contributed by atoms with Crippen molar-refractivity contribution in [2.24, 2.45) is 12.5 Å². The molecular formula is C11H15F3N2O2S. The van der Waals surface area contributed by atoms with Crippen molar-refractivity contribution in [3.05, 3.63) is 17.5 Å². The standard InChI is InChI=1S/C11H15F3N2O2S/c1-16-9(11(12,13)14)8(2-15-16)3-19-7-10(4-17)5-18-6-10/h2,17H,3-7H2,1H3. The van der Waals surface area contributed by atoms with Gasteiger partial charge in [0.25, 0.3) is 0 Å². The summed E-state index contributed by atoms with van der Waals surface area (Å²) in [6.45, 7) is 0.935. The molecular weight excluding hydrogens is 281 g/mol. The molecule has 8 heteroatoms. The molecule has 4 nitrogen and oxygen atoms in total. The van der Waals surface area contributed by atoms with Crippen molar-refractivity contribution in [1.82, 2.24) is 9.78 Å². The number of halogens is 3. The summed E-state index contributed by atoms with van der Waals surface area (Å²) in [5, 5.41) is 12.9. The van der Waals surface area contributed by atoms with Crippen LogP contribution in [0, 0.1) is 5.41 Å². The first-order valence-electron chi connectivity index (χ1n) is 5.72. The Morgan fingerprint density at radius 2 is 2.21 bits per heavy atom. The number of aromatic nitrogens is 2. The van der Waals surface area contributed by atoms with Crippen LogP contribution in [0.25, 0.3) is 0 Å². The lowest BCUT2D eigenvalue weighted by atomic mass is 9.90. The third-order valence-corrected chi connectivity index (χ3v) is 4.43. The molecule has 108 valence electrons. The van der Waals surface area contributed by atoms with Gasteiger partial charge >= 0.3 is 6.18 Å². The quantitative estimate of drug-likeness (QED) is 0.898. The van der Waals surface area contributed by atoms with Crippen molar-refractivity contribution in [1.29, 1.82) is 0 Å². The maximum absolute atomic E-state index is 12.8. The summed E-state index contributed by atoms with van der Waals surface area (Å²) in [4.78, 5) is 0. The van der Waals surface area contributed by atoms with E-state index in [0.29, 0.717) is 19.0 Å². The van der Waals surface area contributed by atoms with Gasteiger partial charge in [0.2, 0.25) is 0 Å². The molecule has 1 aliphatic rings. The molecule has 1 aromatic rings. The van der Waals surface area contributed by atoms with Crippen LogP contribution in [0.15, 0.2) is 6.20 Å². The monoisotopic (exact) mass is 296 g/mol. The van der Waals surface area contributed by atoms with Gasteiger partial charge in [-0.3, -0.25) is 4.68 Å². The van der Waals surface area contributed by atoms with Crippen molar-refractivity contribution in [2.45, 2.75) is 11.9 Å². The number of rotatable bonds is 5. The van der Waals surface area contributed by atoms with Crippen LogP contribution in [-0.4, -0.2) is 40.5 Å². The summed E-state index contributed by atoms with van der Waals surface area (Å²) in [6, 6.07) is 0. The average molecular weight is 296 g/mol. The Morgan fingerprint density at radius 1 is 1.53 bits per heavy atom. The highest BCUT2D eigenvalue weighted by molar-refractivity contribution is 7.98. The molecule has 2 heterocycles. The zero-order valence-corrected chi connectivity index (χ0v) is 11.2. The number of hydrogen-bond donors (Lipinski definition) is 1. The Kier molecular flexibility index (Phi) is 4.12. The maximum Gasteiger partial charge on any atom is 0.433 e. The molecule has 0 atom stereocenters. The maximum atomic E-state index is 12.8. The van der Waals surface area contributed by atoms with Gasteiger partial charge in [-0.2, -0.15) is 30.0 Å². The molecule has 0 saturated carbocycles. The van der Waals surface area contributed by atoms with E-state index in [1.54, 1.807) is 0 Å². The summed E-state index contributed by atoms with van der Waals surface area (Å²) >= 11 is 1.36. The number of nitrogens with zero attached hydrogens (tertiary/aromatic N) is 2. The minimum Gasteiger partial charge on any atom is -0.396 e. The highest BCUT2D eigenvalue weighted by Gasteiger charge is 2.39. The van der Waals surface area contributed by atoms with Gasteiger partial charge in [0, 0.05) is 29.5 Å². The van der Waals surface area contributed by atoms with Crippen molar-refractivity contribution < 1.29 is 23.0 Å². The van der Waals surface area contributed by atoms with E-state index in [-0.39, 0.29) is 23.3 Å². The first-order valence-corrected chi connectivity index (χ1v) is 6.88. The second-order valence-electron chi connectivity index (χ2n) is 4.78. The molecule has 0 amide bonds. The van der Waals surface area contributed by atoms with E-state index in [4.69, 9.17) is 4.74 Å². The van der Waals surface area contributed by atoms with Gasteiger partial charge in [-0.15, -0.1) is 0 Å². The van der Waals surface area contributed by atoms with Gasteiger partial charge in [0.05, 0.1) is 26.0 Å². The van der Waals surface area contributed by atoms with E-state index in [0.717, 1.165) is 4.68 Å². The summed E-state index contributed by atoms with van der Waals surface area (Å²) in [6.07, 6.45) is -3.14. The zero-order chi connectivity index (χ0) is 14.1. The van der Waals surface area contributed by atoms with Crippen LogP contribution in [0.5, 0.6) is 0 Å². The van der Waals surface area contributed by atoms with Crippen molar-refractivity contribution >= 4 is 11.8 Å². The summed E-state index contributed by atoms with van der Waals surface area (Å²) < 4.78 is 44.3. The molecule has 0 radical (unpaired) electrons. The molecule has 1 saturated heterocycles. The van der Waals surface area contributed by atoms with Crippen molar-refractivity contribution in [3.63, 3.8) is 0 Å². The number of ether oxygens (including phenoxy) is 1. The van der Waals surface area contributed by atoms with Crippen LogP contribution < -0.4 is 0 Å². The molecule has 0 bridgehead atoms. The van der Waals surface area contributed by atoms with E-state index in [9.17, 15) is 18.3 Å². The SMILES string of the molecule is Cn1ncc(CSCC2(CO)COC2)c1C(F)(F)F. The van der Waals surface area contributed by atoms with Crippen LogP contribution in [0.4, 0.5) is 13.2 Å². The minimum absolute atomic E-state index is 0.000826. The second kappa shape index (κ2) is 5.34. The first-order chi connectivity index (χ1) is 8.88. The summed E-state index contributed by atoms with van der Waals surface area (Å²) in [7, 11) is 1.28. The van der Waals surface area contributed by atoms with Crippen LogP contribution in [0.1, 0.15) is 11.3 Å². The molecule has 2 rings (SSSR count). The van der Waals surface area contributed by atoms with E-state index < -0.39 is 11.9 Å². The number of thioether (sulfide) groups is 1. The highest BCUT2D eigenvalue weighted by atomic mass is 32.2. The van der Waals surface area contributed by atoms with E-state index in [2.05, 4.69) is 5.10 Å². The molecule has 0 aromatic carbocycles. The van der Waals surface area contributed by atoms with E-state index >= 15 is 0 Å². The Bertz CT molecular complexity index is 438. The topological polar surface area (TPSA) is 47.3 Å². The van der Waals surface area contributed by atoms with Crippen LogP contribution in [0.2, 0.25) is 0 Å². The highest BCUT2D eigenvalue weighted by Crippen LogP contribution is 2.36. The van der Waals surface area contributed by atoms with Crippen LogP contribution in [-0.2, 0) is 23.7 Å². The normalized spacial score (nSPS) is 18.4. The fraction of sp³-hybridized carbons (Fsp3) is 0.727. The molecule has 0 spiro atoms. The molecule has 1 N–H and O–H groups in total. The lowest BCUT2D eigenvalue weighted by Crippen LogP contribution is -2.47. The molecule has 19 heavy (non-hydrogen) atoms. The third kappa shape index (κ3) is 3.06. The Balaban J connectivity index is 1.97. The van der Waals surface area contributed by atoms with Crippen LogP contribution >= 0.6 is 11.8 Å². The molecule has 1 aliphatic heterocycles. The predicted molar refractivity (Wildman–Crippen MR) is 64.7 cm³/mol. The Morgan fingerprint density at radius 3 is 2.68 bits per heavy atom.